The van der Waals surface area contributed by atoms with Gasteiger partial charge in [-0.3, -0.25) is 19.4 Å². The molecule has 6 N–H and O–H groups in total. The number of carbonyl (C=O) groups excluding carboxylic acids is 5. The van der Waals surface area contributed by atoms with Crippen molar-refractivity contribution >= 4 is 36.1 Å². The molecule has 0 aliphatic carbocycles. The quantitative estimate of drug-likeness (QED) is 0.144. The van der Waals surface area contributed by atoms with Gasteiger partial charge in [-0.15, -0.1) is 0 Å². The standard InChI is InChI=1S/C22H30N6O6/c1-14(19(31)27-16(12-29)8-5-11-25-21(23)24)26-20(32)17-9-10-18(30)28(17)22(33)34-13-15-6-3-2-4-7-15/h2-4,6-7,12,14,16-17H,5,8-11,13H2,1H3,(H,26,32)(H,27,31)(H4,23,24,25)/t14-,16-,17+/m0/s1. The SMILES string of the molecule is C[C@H](NC(=O)[C@H]1CCC(=O)N1C(=O)OCc1ccccc1)C(=O)N[C@H](C=O)CCCN=C(N)N. The van der Waals surface area contributed by atoms with E-state index in [9.17, 15) is 24.0 Å². The third kappa shape index (κ3) is 7.87. The number of carbonyl (C=O) groups is 5. The summed E-state index contributed by atoms with van der Waals surface area (Å²) in [7, 11) is 0. The van der Waals surface area contributed by atoms with Crippen LogP contribution in [0.25, 0.3) is 0 Å². The van der Waals surface area contributed by atoms with E-state index in [1.807, 2.05) is 6.07 Å². The fraction of sp³-hybridized carbons (Fsp3) is 0.455. The van der Waals surface area contributed by atoms with Gasteiger partial charge >= 0.3 is 6.09 Å². The topological polar surface area (TPSA) is 186 Å². The summed E-state index contributed by atoms with van der Waals surface area (Å²) >= 11 is 0. The van der Waals surface area contributed by atoms with Crippen molar-refractivity contribution in [2.24, 2.45) is 16.5 Å². The summed E-state index contributed by atoms with van der Waals surface area (Å²) in [6.07, 6.45) is 0.549. The number of nitrogens with zero attached hydrogens (tertiary/aromatic N) is 2. The molecule has 0 bridgehead atoms. The maximum Gasteiger partial charge on any atom is 0.417 e. The molecule has 1 aromatic carbocycles. The minimum atomic E-state index is -1.09. The Morgan fingerprint density at radius 3 is 2.59 bits per heavy atom. The number of ether oxygens (including phenoxy) is 1. The van der Waals surface area contributed by atoms with Crippen molar-refractivity contribution in [1.29, 1.82) is 0 Å². The van der Waals surface area contributed by atoms with E-state index >= 15 is 0 Å². The van der Waals surface area contributed by atoms with Crippen LogP contribution in [0.3, 0.4) is 0 Å². The van der Waals surface area contributed by atoms with E-state index in [-0.39, 0.29) is 25.4 Å². The molecule has 184 valence electrons. The van der Waals surface area contributed by atoms with Crippen molar-refractivity contribution in [1.82, 2.24) is 15.5 Å². The van der Waals surface area contributed by atoms with Gasteiger partial charge in [-0.2, -0.15) is 0 Å². The summed E-state index contributed by atoms with van der Waals surface area (Å²) in [6, 6.07) is 6.03. The zero-order valence-electron chi connectivity index (χ0n) is 18.9. The summed E-state index contributed by atoms with van der Waals surface area (Å²) in [5.74, 6) is -1.85. The lowest BCUT2D eigenvalue weighted by molar-refractivity contribution is -0.135. The smallest absolute Gasteiger partial charge is 0.417 e. The fourth-order valence-electron chi connectivity index (χ4n) is 3.33. The highest BCUT2D eigenvalue weighted by molar-refractivity contribution is 6.01. The lowest BCUT2D eigenvalue weighted by atomic mass is 10.1. The average Bonchev–Trinajstić information content (AvgIpc) is 3.21. The van der Waals surface area contributed by atoms with E-state index in [2.05, 4.69) is 15.6 Å². The third-order valence-electron chi connectivity index (χ3n) is 5.13. The van der Waals surface area contributed by atoms with Gasteiger partial charge in [0.15, 0.2) is 5.96 Å². The molecule has 0 unspecified atom stereocenters. The number of hydrogen-bond acceptors (Lipinski definition) is 7. The van der Waals surface area contributed by atoms with Crippen LogP contribution in [0.5, 0.6) is 0 Å². The molecule has 12 heteroatoms. The summed E-state index contributed by atoms with van der Waals surface area (Å²) in [6.45, 7) is 1.69. The lowest BCUT2D eigenvalue weighted by Crippen LogP contribution is -2.54. The van der Waals surface area contributed by atoms with Crippen molar-refractivity contribution in [3.8, 4) is 0 Å². The highest BCUT2D eigenvalue weighted by Gasteiger charge is 2.42. The molecular weight excluding hydrogens is 444 g/mol. The first-order valence-electron chi connectivity index (χ1n) is 10.9. The predicted molar refractivity (Wildman–Crippen MR) is 122 cm³/mol. The summed E-state index contributed by atoms with van der Waals surface area (Å²) < 4.78 is 5.19. The van der Waals surface area contributed by atoms with Gasteiger partial charge in [0, 0.05) is 13.0 Å². The van der Waals surface area contributed by atoms with Gasteiger partial charge in [0.2, 0.25) is 17.7 Å². The molecule has 1 fully saturated rings. The van der Waals surface area contributed by atoms with Crippen LogP contribution < -0.4 is 22.1 Å². The molecule has 1 heterocycles. The van der Waals surface area contributed by atoms with Gasteiger partial charge in [-0.1, -0.05) is 30.3 Å². The molecule has 12 nitrogen and oxygen atoms in total. The molecule has 3 atom stereocenters. The van der Waals surface area contributed by atoms with Crippen LogP contribution in [-0.4, -0.2) is 65.6 Å². The molecule has 1 aliphatic rings. The van der Waals surface area contributed by atoms with Crippen LogP contribution in [0.15, 0.2) is 35.3 Å². The second-order valence-electron chi connectivity index (χ2n) is 7.79. The van der Waals surface area contributed by atoms with Crippen molar-refractivity contribution < 1.29 is 28.7 Å². The molecule has 4 amide bonds. The van der Waals surface area contributed by atoms with Crippen LogP contribution in [0.4, 0.5) is 4.79 Å². The van der Waals surface area contributed by atoms with Crippen LogP contribution in [0, 0.1) is 0 Å². The van der Waals surface area contributed by atoms with E-state index in [0.717, 1.165) is 10.5 Å². The molecule has 0 spiro atoms. The zero-order valence-corrected chi connectivity index (χ0v) is 18.9. The summed E-state index contributed by atoms with van der Waals surface area (Å²) in [5, 5.41) is 5.02. The summed E-state index contributed by atoms with van der Waals surface area (Å²) in [5.41, 5.74) is 11.2. The number of benzene rings is 1. The van der Waals surface area contributed by atoms with E-state index in [4.69, 9.17) is 16.2 Å². The van der Waals surface area contributed by atoms with Gasteiger partial charge in [-0.25, -0.2) is 9.69 Å². The molecule has 0 radical (unpaired) electrons. The number of hydrogen-bond donors (Lipinski definition) is 4. The number of imide groups is 1. The highest BCUT2D eigenvalue weighted by atomic mass is 16.6. The first kappa shape index (κ1) is 26.3. The number of rotatable bonds is 11. The van der Waals surface area contributed by atoms with Gasteiger partial charge in [0.1, 0.15) is 25.0 Å². The van der Waals surface area contributed by atoms with E-state index < -0.39 is 41.9 Å². The largest absolute Gasteiger partial charge is 0.444 e. The highest BCUT2D eigenvalue weighted by Crippen LogP contribution is 2.21. The molecule has 0 saturated carbocycles. The first-order valence-corrected chi connectivity index (χ1v) is 10.9. The molecule has 1 saturated heterocycles. The monoisotopic (exact) mass is 474 g/mol. The normalized spacial score (nSPS) is 16.8. The van der Waals surface area contributed by atoms with Gasteiger partial charge in [0.05, 0.1) is 6.04 Å². The molecule has 34 heavy (non-hydrogen) atoms. The van der Waals surface area contributed by atoms with Crippen molar-refractivity contribution in [2.45, 2.75) is 57.3 Å². The van der Waals surface area contributed by atoms with Gasteiger partial charge < -0.3 is 31.6 Å². The number of aliphatic imine (C=N–C) groups is 1. The van der Waals surface area contributed by atoms with E-state index in [1.54, 1.807) is 24.3 Å². The number of aldehydes is 1. The minimum absolute atomic E-state index is 0.00210. The lowest BCUT2D eigenvalue weighted by Gasteiger charge is -2.24. The Bertz CT molecular complexity index is 918. The van der Waals surface area contributed by atoms with Crippen LogP contribution >= 0.6 is 0 Å². The number of guanidine groups is 1. The van der Waals surface area contributed by atoms with Crippen molar-refractivity contribution in [3.63, 3.8) is 0 Å². The third-order valence-corrected chi connectivity index (χ3v) is 5.13. The number of amides is 4. The average molecular weight is 475 g/mol. The van der Waals surface area contributed by atoms with Crippen molar-refractivity contribution in [3.05, 3.63) is 35.9 Å². The van der Waals surface area contributed by atoms with Gasteiger partial charge in [-0.05, 0) is 31.7 Å². The molecule has 1 aromatic rings. The first-order chi connectivity index (χ1) is 16.2. The fourth-order valence-corrected chi connectivity index (χ4v) is 3.33. The van der Waals surface area contributed by atoms with Crippen molar-refractivity contribution in [2.75, 3.05) is 6.54 Å². The second kappa shape index (κ2) is 12.9. The Hall–Kier alpha value is -3.96. The number of nitrogens with one attached hydrogen (secondary N) is 2. The molecular formula is C22H30N6O6. The van der Waals surface area contributed by atoms with Crippen LogP contribution in [0.1, 0.15) is 38.2 Å². The van der Waals surface area contributed by atoms with Crippen LogP contribution in [0.2, 0.25) is 0 Å². The molecule has 2 rings (SSSR count). The molecule has 0 aromatic heterocycles. The Kier molecular flexibility index (Phi) is 9.99. The minimum Gasteiger partial charge on any atom is -0.444 e. The Labute approximate surface area is 197 Å². The predicted octanol–water partition coefficient (Wildman–Crippen LogP) is -0.444. The maximum atomic E-state index is 12.7. The van der Waals surface area contributed by atoms with Crippen LogP contribution in [-0.2, 0) is 30.5 Å². The maximum absolute atomic E-state index is 12.7. The Morgan fingerprint density at radius 1 is 1.24 bits per heavy atom. The van der Waals surface area contributed by atoms with E-state index in [0.29, 0.717) is 25.7 Å². The Morgan fingerprint density at radius 2 is 1.94 bits per heavy atom. The second-order valence-corrected chi connectivity index (χ2v) is 7.79. The van der Waals surface area contributed by atoms with Gasteiger partial charge in [0.25, 0.3) is 0 Å². The number of likely N-dealkylation sites (tertiary alicyclic amines) is 1. The molecule has 1 aliphatic heterocycles. The summed E-state index contributed by atoms with van der Waals surface area (Å²) in [4.78, 5) is 65.7. The van der Waals surface area contributed by atoms with E-state index in [1.165, 1.54) is 6.92 Å². The number of nitrogens with two attached hydrogens (primary N) is 2. The Balaban J connectivity index is 1.88. The zero-order chi connectivity index (χ0) is 25.1.